The van der Waals surface area contributed by atoms with Gasteiger partial charge in [0.15, 0.2) is 0 Å². The smallest absolute Gasteiger partial charge is 0.416 e. The number of amides is 1. The van der Waals surface area contributed by atoms with Crippen LogP contribution in [-0.2, 0) is 20.5 Å². The van der Waals surface area contributed by atoms with Crippen molar-refractivity contribution in [1.29, 1.82) is 0 Å². The van der Waals surface area contributed by atoms with Gasteiger partial charge in [0.05, 0.1) is 17.2 Å². The minimum absolute atomic E-state index is 0.0289. The van der Waals surface area contributed by atoms with E-state index >= 15 is 0 Å². The molecule has 2 aromatic carbocycles. The Bertz CT molecular complexity index is 949. The second-order valence-corrected chi connectivity index (χ2v) is 8.98. The van der Waals surface area contributed by atoms with Crippen molar-refractivity contribution in [1.82, 2.24) is 0 Å². The quantitative estimate of drug-likeness (QED) is 0.257. The minimum Gasteiger partial charge on any atom is -0.481 e. The Morgan fingerprint density at radius 2 is 1.64 bits per heavy atom. The number of hydrogen-bond acceptors (Lipinski definition) is 5. The summed E-state index contributed by atoms with van der Waals surface area (Å²) in [5.41, 5.74) is -0.216. The van der Waals surface area contributed by atoms with Gasteiger partial charge < -0.3 is 25.6 Å². The van der Waals surface area contributed by atoms with Crippen LogP contribution in [0.4, 0.5) is 28.9 Å². The fourth-order valence-electron chi connectivity index (χ4n) is 3.76. The topological polar surface area (TPSA) is 108 Å². The van der Waals surface area contributed by atoms with E-state index in [0.29, 0.717) is 24.7 Å². The number of aliphatic hydroxyl groups excluding tert-OH is 1. The minimum atomic E-state index is -4.58. The van der Waals surface area contributed by atoms with E-state index in [1.54, 1.807) is 0 Å². The summed E-state index contributed by atoms with van der Waals surface area (Å²) < 4.78 is 54.0. The van der Waals surface area contributed by atoms with Gasteiger partial charge in [-0.1, -0.05) is 37.5 Å². The Kier molecular flexibility index (Phi) is 16.5. The third kappa shape index (κ3) is 14.5. The summed E-state index contributed by atoms with van der Waals surface area (Å²) in [5, 5.41) is 22.1. The molecule has 0 bridgehead atoms. The molecule has 1 saturated carbocycles. The average Bonchev–Trinajstić information content (AvgIpc) is 2.96. The second-order valence-electron chi connectivity index (χ2n) is 8.98. The van der Waals surface area contributed by atoms with Gasteiger partial charge in [0.2, 0.25) is 6.41 Å². The van der Waals surface area contributed by atoms with Gasteiger partial charge in [0.1, 0.15) is 5.82 Å². The summed E-state index contributed by atoms with van der Waals surface area (Å²) in [4.78, 5) is 20.3. The van der Waals surface area contributed by atoms with Crippen LogP contribution in [0.1, 0.15) is 50.5 Å². The highest BCUT2D eigenvalue weighted by Crippen LogP contribution is 2.31. The van der Waals surface area contributed by atoms with Crippen molar-refractivity contribution in [2.75, 3.05) is 37.5 Å². The van der Waals surface area contributed by atoms with Gasteiger partial charge in [0.25, 0.3) is 0 Å². The van der Waals surface area contributed by atoms with E-state index in [4.69, 9.17) is 14.9 Å². The van der Waals surface area contributed by atoms with Gasteiger partial charge >= 0.3 is 12.1 Å². The number of aliphatic hydroxyl groups is 1. The fourth-order valence-corrected chi connectivity index (χ4v) is 3.76. The summed E-state index contributed by atoms with van der Waals surface area (Å²) in [6.07, 6.45) is 2.92. The summed E-state index contributed by atoms with van der Waals surface area (Å²) in [5.74, 6) is -1.23. The number of alkyl halides is 3. The third-order valence-corrected chi connectivity index (χ3v) is 6.13. The molecule has 2 aliphatic rings. The Morgan fingerprint density at radius 3 is 2.03 bits per heavy atom. The van der Waals surface area contributed by atoms with Crippen LogP contribution in [0.25, 0.3) is 0 Å². The number of anilines is 2. The van der Waals surface area contributed by atoms with Crippen LogP contribution in [0.5, 0.6) is 0 Å². The number of carboxylic acid groups (broad SMARTS) is 1. The Morgan fingerprint density at radius 1 is 1.03 bits per heavy atom. The van der Waals surface area contributed by atoms with E-state index in [1.165, 1.54) is 6.42 Å². The zero-order valence-electron chi connectivity index (χ0n) is 22.1. The van der Waals surface area contributed by atoms with Gasteiger partial charge in [0, 0.05) is 32.6 Å². The lowest BCUT2D eigenvalue weighted by Gasteiger charge is -2.18. The van der Waals surface area contributed by atoms with Crippen molar-refractivity contribution in [3.8, 4) is 0 Å². The van der Waals surface area contributed by atoms with E-state index in [-0.39, 0.29) is 18.0 Å². The van der Waals surface area contributed by atoms with Crippen molar-refractivity contribution >= 4 is 23.8 Å². The molecule has 39 heavy (non-hydrogen) atoms. The van der Waals surface area contributed by atoms with Crippen LogP contribution in [0.15, 0.2) is 48.5 Å². The number of hydrogen-bond donors (Lipinski definition) is 4. The van der Waals surface area contributed by atoms with Crippen LogP contribution in [-0.4, -0.2) is 49.5 Å². The molecule has 2 fully saturated rings. The van der Waals surface area contributed by atoms with Crippen molar-refractivity contribution in [2.24, 2.45) is 11.8 Å². The van der Waals surface area contributed by atoms with Crippen molar-refractivity contribution in [3.05, 3.63) is 59.9 Å². The zero-order chi connectivity index (χ0) is 29.1. The second kappa shape index (κ2) is 19.0. The van der Waals surface area contributed by atoms with E-state index in [0.717, 1.165) is 63.5 Å². The molecule has 0 unspecified atom stereocenters. The highest BCUT2D eigenvalue weighted by Gasteiger charge is 2.31. The molecule has 11 heteroatoms. The molecule has 7 nitrogen and oxygen atoms in total. The first kappa shape index (κ1) is 33.8. The number of ether oxygens (including phenoxy) is 1. The first-order chi connectivity index (χ1) is 18.6. The molecule has 2 aromatic rings. The molecule has 4 N–H and O–H groups in total. The SMILES string of the molecule is CNc1ccccc1.O=C(O)C1CCCCC1.O=CNc1ccc(C(F)(F)F)cc1F.OCC1CCOCC1. The standard InChI is InChI=1S/C8H5F4NO.C7H9N.C7H12O2.C6H12O2/c9-6-3-5(8(10,11)12)1-2-7(6)13-4-14;1-8-7-5-3-2-4-6-7;8-7(9)6-4-2-1-3-5-6;7-5-6-1-3-8-4-2-6/h1-4H,(H,13,14);2-6,8H,1H3;6H,1-5H2,(H,8,9);6-7H,1-5H2. The predicted molar refractivity (Wildman–Crippen MR) is 142 cm³/mol. The van der Waals surface area contributed by atoms with Crippen LogP contribution in [0.2, 0.25) is 0 Å². The number of para-hydroxylation sites is 1. The number of halogens is 4. The highest BCUT2D eigenvalue weighted by molar-refractivity contribution is 5.71. The Hall–Kier alpha value is -3.18. The molecule has 1 heterocycles. The average molecular weight is 559 g/mol. The lowest BCUT2D eigenvalue weighted by atomic mass is 9.90. The molecule has 1 aliphatic carbocycles. The number of rotatable bonds is 5. The summed E-state index contributed by atoms with van der Waals surface area (Å²) >= 11 is 0. The molecule has 0 spiro atoms. The van der Waals surface area contributed by atoms with Crippen molar-refractivity contribution in [3.63, 3.8) is 0 Å². The monoisotopic (exact) mass is 558 g/mol. The van der Waals surface area contributed by atoms with Crippen LogP contribution in [0.3, 0.4) is 0 Å². The van der Waals surface area contributed by atoms with Gasteiger partial charge in [-0.3, -0.25) is 9.59 Å². The molecule has 218 valence electrons. The number of carbonyl (C=O) groups is 2. The summed E-state index contributed by atoms with van der Waals surface area (Å²) in [6, 6.07) is 11.9. The third-order valence-electron chi connectivity index (χ3n) is 6.13. The summed E-state index contributed by atoms with van der Waals surface area (Å²) in [6.45, 7) is 2.01. The van der Waals surface area contributed by atoms with Crippen LogP contribution < -0.4 is 10.6 Å². The van der Waals surface area contributed by atoms with Crippen molar-refractivity contribution < 1.29 is 42.1 Å². The Labute approximate surface area is 226 Å². The molecule has 0 radical (unpaired) electrons. The van der Waals surface area contributed by atoms with Crippen LogP contribution in [0, 0.1) is 17.7 Å². The molecular weight excluding hydrogens is 520 g/mol. The lowest BCUT2D eigenvalue weighted by Crippen LogP contribution is -2.18. The molecule has 0 atom stereocenters. The summed E-state index contributed by atoms with van der Waals surface area (Å²) in [7, 11) is 1.91. The fraction of sp³-hybridized carbons (Fsp3) is 0.500. The van der Waals surface area contributed by atoms with Crippen LogP contribution >= 0.6 is 0 Å². The number of carboxylic acids is 1. The number of benzene rings is 2. The lowest BCUT2D eigenvalue weighted by molar-refractivity contribution is -0.142. The van der Waals surface area contributed by atoms with E-state index in [9.17, 15) is 27.2 Å². The first-order valence-electron chi connectivity index (χ1n) is 12.8. The molecule has 1 amide bonds. The number of nitrogens with one attached hydrogen (secondary N) is 2. The molecule has 4 rings (SSSR count). The maximum absolute atomic E-state index is 12.8. The number of aliphatic carboxylic acids is 1. The highest BCUT2D eigenvalue weighted by atomic mass is 19.4. The molecular formula is C28H38F4N2O5. The molecule has 0 aromatic heterocycles. The van der Waals surface area contributed by atoms with Crippen molar-refractivity contribution in [2.45, 2.75) is 51.1 Å². The van der Waals surface area contributed by atoms with E-state index in [1.807, 2.05) is 42.7 Å². The number of carbonyl (C=O) groups excluding carboxylic acids is 1. The van der Waals surface area contributed by atoms with E-state index in [2.05, 4.69) is 5.32 Å². The van der Waals surface area contributed by atoms with E-state index < -0.39 is 23.5 Å². The van der Waals surface area contributed by atoms with Gasteiger partial charge in [-0.25, -0.2) is 4.39 Å². The molecule has 1 aliphatic heterocycles. The largest absolute Gasteiger partial charge is 0.481 e. The predicted octanol–water partition coefficient (Wildman–Crippen LogP) is 6.20. The maximum atomic E-state index is 12.8. The van der Waals surface area contributed by atoms with Gasteiger partial charge in [-0.15, -0.1) is 0 Å². The Balaban J connectivity index is 0.000000268. The maximum Gasteiger partial charge on any atom is 0.416 e. The van der Waals surface area contributed by atoms with Gasteiger partial charge in [-0.2, -0.15) is 13.2 Å². The van der Waals surface area contributed by atoms with Gasteiger partial charge in [-0.05, 0) is 61.9 Å². The normalized spacial score (nSPS) is 15.6. The molecule has 1 saturated heterocycles. The zero-order valence-corrected chi connectivity index (χ0v) is 22.1. The first-order valence-corrected chi connectivity index (χ1v) is 12.8.